The first kappa shape index (κ1) is 15.0. The summed E-state index contributed by atoms with van der Waals surface area (Å²) >= 11 is 0. The van der Waals surface area contributed by atoms with Crippen molar-refractivity contribution in [2.45, 2.75) is 26.3 Å². The van der Waals surface area contributed by atoms with Crippen LogP contribution in [0.4, 0.5) is 5.69 Å². The largest absolute Gasteiger partial charge is 0.345 e. The van der Waals surface area contributed by atoms with Gasteiger partial charge in [-0.1, -0.05) is 26.0 Å². The SMILES string of the molecule is CCNC(CC)c1ccc(N(CC#N)CC#N)cc1. The van der Waals surface area contributed by atoms with Crippen LogP contribution in [0, 0.1) is 22.7 Å². The second kappa shape index (κ2) is 8.13. The Bertz CT molecular complexity index is 437. The fourth-order valence-corrected chi connectivity index (χ4v) is 2.07. The van der Waals surface area contributed by atoms with E-state index in [4.69, 9.17) is 10.5 Å². The highest BCUT2D eigenvalue weighted by Gasteiger charge is 2.09. The van der Waals surface area contributed by atoms with Gasteiger partial charge in [0, 0.05) is 11.7 Å². The second-order valence-corrected chi connectivity index (χ2v) is 4.28. The first-order chi connectivity index (χ1) is 9.26. The zero-order valence-corrected chi connectivity index (χ0v) is 11.6. The fourth-order valence-electron chi connectivity index (χ4n) is 2.07. The van der Waals surface area contributed by atoms with E-state index in [9.17, 15) is 0 Å². The van der Waals surface area contributed by atoms with Gasteiger partial charge in [-0.3, -0.25) is 0 Å². The third-order valence-electron chi connectivity index (χ3n) is 3.04. The predicted molar refractivity (Wildman–Crippen MR) is 76.6 cm³/mol. The Balaban J connectivity index is 2.85. The molecule has 0 aliphatic rings. The van der Waals surface area contributed by atoms with Gasteiger partial charge in [-0.2, -0.15) is 10.5 Å². The van der Waals surface area contributed by atoms with Crippen LogP contribution in [-0.2, 0) is 0 Å². The number of nitrogens with one attached hydrogen (secondary N) is 1. The van der Waals surface area contributed by atoms with Crippen LogP contribution in [0.3, 0.4) is 0 Å². The summed E-state index contributed by atoms with van der Waals surface area (Å²) in [5.74, 6) is 0. The molecule has 0 bridgehead atoms. The molecule has 4 heteroatoms. The molecule has 0 fully saturated rings. The minimum atomic E-state index is 0.233. The lowest BCUT2D eigenvalue weighted by molar-refractivity contribution is 0.537. The van der Waals surface area contributed by atoms with Crippen molar-refractivity contribution in [3.8, 4) is 12.1 Å². The van der Waals surface area contributed by atoms with Gasteiger partial charge in [0.2, 0.25) is 0 Å². The maximum atomic E-state index is 8.76. The maximum Gasteiger partial charge on any atom is 0.106 e. The van der Waals surface area contributed by atoms with Gasteiger partial charge in [0.25, 0.3) is 0 Å². The van der Waals surface area contributed by atoms with Crippen LogP contribution in [-0.4, -0.2) is 19.6 Å². The number of nitriles is 2. The summed E-state index contributed by atoms with van der Waals surface area (Å²) in [6.45, 7) is 5.65. The number of nitrogens with zero attached hydrogens (tertiary/aromatic N) is 3. The van der Waals surface area contributed by atoms with Gasteiger partial charge in [0.1, 0.15) is 13.1 Å². The molecule has 0 aliphatic carbocycles. The Morgan fingerprint density at radius 1 is 1.11 bits per heavy atom. The van der Waals surface area contributed by atoms with E-state index < -0.39 is 0 Å². The Morgan fingerprint density at radius 3 is 2.11 bits per heavy atom. The molecule has 1 N–H and O–H groups in total. The van der Waals surface area contributed by atoms with Crippen LogP contribution in [0.5, 0.6) is 0 Å². The maximum absolute atomic E-state index is 8.76. The quantitative estimate of drug-likeness (QED) is 0.762. The Labute approximate surface area is 115 Å². The monoisotopic (exact) mass is 256 g/mol. The van der Waals surface area contributed by atoms with Crippen LogP contribution in [0.15, 0.2) is 24.3 Å². The van der Waals surface area contributed by atoms with Gasteiger partial charge in [0.15, 0.2) is 0 Å². The van der Waals surface area contributed by atoms with Gasteiger partial charge >= 0.3 is 0 Å². The van der Waals surface area contributed by atoms with E-state index in [1.807, 2.05) is 12.1 Å². The van der Waals surface area contributed by atoms with Crippen LogP contribution in [0.25, 0.3) is 0 Å². The Kier molecular flexibility index (Phi) is 6.43. The summed E-state index contributed by atoms with van der Waals surface area (Å²) in [6.07, 6.45) is 1.04. The molecule has 0 heterocycles. The normalized spacial score (nSPS) is 11.4. The molecule has 1 unspecified atom stereocenters. The molecule has 0 aromatic heterocycles. The van der Waals surface area contributed by atoms with Gasteiger partial charge in [0.05, 0.1) is 12.1 Å². The minimum absolute atomic E-state index is 0.233. The van der Waals surface area contributed by atoms with Crippen molar-refractivity contribution >= 4 is 5.69 Å². The summed E-state index contributed by atoms with van der Waals surface area (Å²) in [5.41, 5.74) is 2.15. The molecule has 0 spiro atoms. The van der Waals surface area contributed by atoms with Crippen molar-refractivity contribution in [2.24, 2.45) is 0 Å². The standard InChI is InChI=1S/C15H20N4/c1-3-15(18-4-2)13-5-7-14(8-6-13)19(11-9-16)12-10-17/h5-8,15,18H,3-4,11-12H2,1-2H3. The van der Waals surface area contributed by atoms with E-state index in [1.54, 1.807) is 4.90 Å². The zero-order valence-electron chi connectivity index (χ0n) is 11.6. The van der Waals surface area contributed by atoms with Gasteiger partial charge < -0.3 is 10.2 Å². The molecule has 0 saturated heterocycles. The highest BCUT2D eigenvalue weighted by Crippen LogP contribution is 2.21. The molecule has 100 valence electrons. The van der Waals surface area contributed by atoms with E-state index >= 15 is 0 Å². The molecular weight excluding hydrogens is 236 g/mol. The zero-order chi connectivity index (χ0) is 14.1. The van der Waals surface area contributed by atoms with Crippen LogP contribution in [0.2, 0.25) is 0 Å². The molecule has 0 saturated carbocycles. The van der Waals surface area contributed by atoms with Crippen LogP contribution in [0.1, 0.15) is 31.9 Å². The average molecular weight is 256 g/mol. The van der Waals surface area contributed by atoms with Gasteiger partial charge in [-0.15, -0.1) is 0 Å². The first-order valence-corrected chi connectivity index (χ1v) is 6.59. The van der Waals surface area contributed by atoms with Crippen molar-refractivity contribution in [3.05, 3.63) is 29.8 Å². The van der Waals surface area contributed by atoms with Crippen molar-refractivity contribution < 1.29 is 0 Å². The minimum Gasteiger partial charge on any atom is -0.345 e. The van der Waals surface area contributed by atoms with E-state index in [2.05, 4.69) is 43.4 Å². The summed E-state index contributed by atoms with van der Waals surface area (Å²) < 4.78 is 0. The summed E-state index contributed by atoms with van der Waals surface area (Å²) in [4.78, 5) is 1.76. The van der Waals surface area contributed by atoms with Gasteiger partial charge in [-0.05, 0) is 30.7 Å². The lowest BCUT2D eigenvalue weighted by Crippen LogP contribution is -2.24. The van der Waals surface area contributed by atoms with Crippen molar-refractivity contribution in [2.75, 3.05) is 24.5 Å². The lowest BCUT2D eigenvalue weighted by Gasteiger charge is -2.20. The van der Waals surface area contributed by atoms with E-state index in [0.29, 0.717) is 6.04 Å². The molecule has 0 amide bonds. The molecule has 1 atom stereocenters. The molecule has 19 heavy (non-hydrogen) atoms. The van der Waals surface area contributed by atoms with E-state index in [0.717, 1.165) is 18.7 Å². The Hall–Kier alpha value is -2.04. The number of rotatable bonds is 7. The number of hydrogen-bond acceptors (Lipinski definition) is 4. The second-order valence-electron chi connectivity index (χ2n) is 4.28. The fraction of sp³-hybridized carbons (Fsp3) is 0.467. The van der Waals surface area contributed by atoms with Crippen LogP contribution < -0.4 is 10.2 Å². The average Bonchev–Trinajstić information content (AvgIpc) is 2.45. The third kappa shape index (κ3) is 4.28. The molecular formula is C15H20N4. The molecule has 1 aromatic carbocycles. The number of anilines is 1. The topological polar surface area (TPSA) is 62.9 Å². The van der Waals surface area contributed by atoms with E-state index in [1.165, 1.54) is 5.56 Å². The molecule has 0 aliphatic heterocycles. The van der Waals surface area contributed by atoms with E-state index in [-0.39, 0.29) is 13.1 Å². The smallest absolute Gasteiger partial charge is 0.106 e. The predicted octanol–water partition coefficient (Wildman–Crippen LogP) is 2.60. The molecule has 1 rings (SSSR count). The molecule has 0 radical (unpaired) electrons. The van der Waals surface area contributed by atoms with Crippen molar-refractivity contribution in [1.29, 1.82) is 10.5 Å². The van der Waals surface area contributed by atoms with Crippen molar-refractivity contribution in [1.82, 2.24) is 5.32 Å². The first-order valence-electron chi connectivity index (χ1n) is 6.59. The lowest BCUT2D eigenvalue weighted by atomic mass is 10.0. The molecule has 4 nitrogen and oxygen atoms in total. The van der Waals surface area contributed by atoms with Crippen LogP contribution >= 0.6 is 0 Å². The summed E-state index contributed by atoms with van der Waals surface area (Å²) in [7, 11) is 0. The summed E-state index contributed by atoms with van der Waals surface area (Å²) in [5, 5.41) is 21.0. The van der Waals surface area contributed by atoms with Gasteiger partial charge in [-0.25, -0.2) is 0 Å². The summed E-state index contributed by atoms with van der Waals surface area (Å²) in [6, 6.07) is 12.6. The third-order valence-corrected chi connectivity index (χ3v) is 3.04. The van der Waals surface area contributed by atoms with Crippen molar-refractivity contribution in [3.63, 3.8) is 0 Å². The molecule has 1 aromatic rings. The number of benzene rings is 1. The Morgan fingerprint density at radius 2 is 1.68 bits per heavy atom. The highest BCUT2D eigenvalue weighted by atomic mass is 15.1. The highest BCUT2D eigenvalue weighted by molar-refractivity contribution is 5.49. The number of hydrogen-bond donors (Lipinski definition) is 1.